The van der Waals surface area contributed by atoms with E-state index >= 15 is 0 Å². The molecule has 2 aromatic heterocycles. The van der Waals surface area contributed by atoms with Gasteiger partial charge in [-0.3, -0.25) is 4.90 Å². The molecule has 0 spiro atoms. The van der Waals surface area contributed by atoms with E-state index in [0.717, 1.165) is 18.2 Å². The number of likely N-dealkylation sites (tertiary alicyclic amines) is 1. The third kappa shape index (κ3) is 3.18. The van der Waals surface area contributed by atoms with Crippen molar-refractivity contribution < 1.29 is 22.7 Å². The van der Waals surface area contributed by atoms with Crippen molar-refractivity contribution in [3.8, 4) is 11.7 Å². The van der Waals surface area contributed by atoms with Crippen molar-refractivity contribution in [1.29, 1.82) is 0 Å². The van der Waals surface area contributed by atoms with Gasteiger partial charge in [-0.2, -0.15) is 0 Å². The Kier molecular flexibility index (Phi) is 4.06. The highest BCUT2D eigenvalue weighted by atomic mass is 19.1. The SMILES string of the molecule is O[C@@H]1C[C@@H](c2cc(F)ccc2F)N(Cc2nnc(-c3ccco3)o2)C1. The number of benzene rings is 1. The van der Waals surface area contributed by atoms with Gasteiger partial charge >= 0.3 is 0 Å². The normalized spacial score (nSPS) is 21.1. The minimum absolute atomic E-state index is 0.210. The van der Waals surface area contributed by atoms with Gasteiger partial charge in [0.15, 0.2) is 5.76 Å². The monoisotopic (exact) mass is 347 g/mol. The Bertz CT molecular complexity index is 866. The van der Waals surface area contributed by atoms with Gasteiger partial charge in [0, 0.05) is 18.2 Å². The number of aliphatic hydroxyl groups excluding tert-OH is 1. The van der Waals surface area contributed by atoms with Crippen LogP contribution in [0, 0.1) is 11.6 Å². The summed E-state index contributed by atoms with van der Waals surface area (Å²) in [5.74, 6) is -0.0218. The van der Waals surface area contributed by atoms with E-state index in [4.69, 9.17) is 8.83 Å². The molecule has 2 atom stereocenters. The lowest BCUT2D eigenvalue weighted by molar-refractivity contribution is 0.167. The van der Waals surface area contributed by atoms with Crippen molar-refractivity contribution in [2.75, 3.05) is 6.54 Å². The summed E-state index contributed by atoms with van der Waals surface area (Å²) < 4.78 is 38.4. The van der Waals surface area contributed by atoms with E-state index in [0.29, 0.717) is 24.6 Å². The van der Waals surface area contributed by atoms with E-state index in [1.54, 1.807) is 17.0 Å². The van der Waals surface area contributed by atoms with Crippen LogP contribution in [0.2, 0.25) is 0 Å². The lowest BCUT2D eigenvalue weighted by Gasteiger charge is -2.23. The number of furan rings is 1. The smallest absolute Gasteiger partial charge is 0.283 e. The lowest BCUT2D eigenvalue weighted by Crippen LogP contribution is -2.25. The first-order chi connectivity index (χ1) is 12.1. The molecule has 3 aromatic rings. The summed E-state index contributed by atoms with van der Waals surface area (Å²) in [6, 6.07) is 6.26. The molecule has 8 heteroatoms. The second kappa shape index (κ2) is 6.38. The van der Waals surface area contributed by atoms with Gasteiger partial charge < -0.3 is 13.9 Å². The van der Waals surface area contributed by atoms with Crippen LogP contribution >= 0.6 is 0 Å². The van der Waals surface area contributed by atoms with Gasteiger partial charge in [-0.15, -0.1) is 10.2 Å². The second-order valence-corrected chi connectivity index (χ2v) is 5.98. The molecule has 25 heavy (non-hydrogen) atoms. The van der Waals surface area contributed by atoms with Gasteiger partial charge in [-0.1, -0.05) is 0 Å². The number of β-amino-alcohol motifs (C(OH)–C–C–N with tert-alkyl or cyclic N) is 1. The molecule has 0 bridgehead atoms. The zero-order valence-corrected chi connectivity index (χ0v) is 13.1. The van der Waals surface area contributed by atoms with E-state index in [-0.39, 0.29) is 18.0 Å². The van der Waals surface area contributed by atoms with E-state index in [2.05, 4.69) is 10.2 Å². The highest BCUT2D eigenvalue weighted by molar-refractivity contribution is 5.42. The molecule has 1 saturated heterocycles. The minimum Gasteiger partial charge on any atom is -0.459 e. The summed E-state index contributed by atoms with van der Waals surface area (Å²) in [6.07, 6.45) is 1.17. The van der Waals surface area contributed by atoms with E-state index in [9.17, 15) is 13.9 Å². The summed E-state index contributed by atoms with van der Waals surface area (Å²) in [7, 11) is 0. The number of nitrogens with zero attached hydrogens (tertiary/aromatic N) is 3. The first-order valence-corrected chi connectivity index (χ1v) is 7.83. The van der Waals surface area contributed by atoms with Crippen LogP contribution in [0.25, 0.3) is 11.7 Å². The van der Waals surface area contributed by atoms with Crippen LogP contribution in [0.3, 0.4) is 0 Å². The molecule has 3 heterocycles. The number of rotatable bonds is 4. The van der Waals surface area contributed by atoms with Crippen LogP contribution < -0.4 is 0 Å². The Labute approximate surface area is 141 Å². The molecule has 1 fully saturated rings. The molecule has 0 saturated carbocycles. The summed E-state index contributed by atoms with van der Waals surface area (Å²) in [4.78, 5) is 1.79. The highest BCUT2D eigenvalue weighted by Crippen LogP contribution is 2.35. The van der Waals surface area contributed by atoms with E-state index < -0.39 is 23.8 Å². The number of aromatic nitrogens is 2. The molecule has 0 amide bonds. The molecule has 0 unspecified atom stereocenters. The van der Waals surface area contributed by atoms with Crippen LogP contribution in [-0.2, 0) is 6.54 Å². The Hall–Kier alpha value is -2.58. The van der Waals surface area contributed by atoms with Crippen molar-refractivity contribution >= 4 is 0 Å². The Balaban J connectivity index is 1.57. The molecule has 0 aliphatic carbocycles. The van der Waals surface area contributed by atoms with Gasteiger partial charge in [-0.25, -0.2) is 8.78 Å². The first kappa shape index (κ1) is 15.9. The minimum atomic E-state index is -0.639. The van der Waals surface area contributed by atoms with Gasteiger partial charge in [0.1, 0.15) is 11.6 Å². The van der Waals surface area contributed by atoms with Crippen molar-refractivity contribution in [2.24, 2.45) is 0 Å². The fourth-order valence-corrected chi connectivity index (χ4v) is 3.14. The van der Waals surface area contributed by atoms with Crippen LogP contribution in [-0.4, -0.2) is 32.9 Å². The van der Waals surface area contributed by atoms with Crippen molar-refractivity contribution in [1.82, 2.24) is 15.1 Å². The number of hydrogen-bond acceptors (Lipinski definition) is 6. The fourth-order valence-electron chi connectivity index (χ4n) is 3.14. The van der Waals surface area contributed by atoms with E-state index in [1.165, 1.54) is 6.26 Å². The molecule has 6 nitrogen and oxygen atoms in total. The molecule has 0 radical (unpaired) electrons. The average molecular weight is 347 g/mol. The van der Waals surface area contributed by atoms with Crippen LogP contribution in [0.15, 0.2) is 45.4 Å². The van der Waals surface area contributed by atoms with Crippen molar-refractivity contribution in [3.63, 3.8) is 0 Å². The third-order valence-corrected chi connectivity index (χ3v) is 4.24. The maximum absolute atomic E-state index is 14.1. The van der Waals surface area contributed by atoms with Crippen molar-refractivity contribution in [2.45, 2.75) is 25.1 Å². The van der Waals surface area contributed by atoms with Crippen molar-refractivity contribution in [3.05, 3.63) is 59.7 Å². The zero-order valence-electron chi connectivity index (χ0n) is 13.1. The first-order valence-electron chi connectivity index (χ1n) is 7.83. The number of aliphatic hydroxyl groups is 1. The summed E-state index contributed by atoms with van der Waals surface area (Å²) in [6.45, 7) is 0.518. The Morgan fingerprint density at radius 2 is 2.12 bits per heavy atom. The summed E-state index contributed by atoms with van der Waals surface area (Å²) in [5, 5.41) is 17.9. The van der Waals surface area contributed by atoms with Gasteiger partial charge in [0.25, 0.3) is 5.89 Å². The third-order valence-electron chi connectivity index (χ3n) is 4.24. The molecule has 4 rings (SSSR count). The van der Waals surface area contributed by atoms with Gasteiger partial charge in [0.05, 0.1) is 18.9 Å². The lowest BCUT2D eigenvalue weighted by atomic mass is 10.0. The molecule has 1 aliphatic heterocycles. The largest absolute Gasteiger partial charge is 0.459 e. The molecule has 1 aliphatic rings. The Morgan fingerprint density at radius 1 is 1.24 bits per heavy atom. The van der Waals surface area contributed by atoms with Crippen LogP contribution in [0.1, 0.15) is 23.9 Å². The summed E-state index contributed by atoms with van der Waals surface area (Å²) in [5.41, 5.74) is 0.210. The van der Waals surface area contributed by atoms with E-state index in [1.807, 2.05) is 0 Å². The maximum Gasteiger partial charge on any atom is 0.283 e. The predicted molar refractivity (Wildman–Crippen MR) is 82.1 cm³/mol. The average Bonchev–Trinajstić information content (AvgIpc) is 3.30. The van der Waals surface area contributed by atoms with Gasteiger partial charge in [-0.05, 0) is 36.8 Å². The molecule has 130 valence electrons. The molecular formula is C17H15F2N3O3. The van der Waals surface area contributed by atoms with Crippen LogP contribution in [0.4, 0.5) is 8.78 Å². The highest BCUT2D eigenvalue weighted by Gasteiger charge is 2.34. The van der Waals surface area contributed by atoms with Crippen LogP contribution in [0.5, 0.6) is 0 Å². The number of halogens is 2. The number of hydrogen-bond donors (Lipinski definition) is 1. The predicted octanol–water partition coefficient (Wildman–Crippen LogP) is 2.92. The van der Waals surface area contributed by atoms with Gasteiger partial charge in [0.2, 0.25) is 5.89 Å². The quantitative estimate of drug-likeness (QED) is 0.782. The maximum atomic E-state index is 14.1. The molecule has 1 N–H and O–H groups in total. The zero-order chi connectivity index (χ0) is 17.4. The fraction of sp³-hybridized carbons (Fsp3) is 0.294. The molecule has 1 aromatic carbocycles. The summed E-state index contributed by atoms with van der Waals surface area (Å²) >= 11 is 0. The second-order valence-electron chi connectivity index (χ2n) is 5.98. The standard InChI is InChI=1S/C17H15F2N3O3/c18-10-3-4-13(19)12(6-10)14-7-11(23)8-22(14)9-16-20-21-17(25-16)15-2-1-5-24-15/h1-6,11,14,23H,7-9H2/t11-,14+/m1/s1. The Morgan fingerprint density at radius 3 is 2.92 bits per heavy atom. The topological polar surface area (TPSA) is 75.5 Å². The molecular weight excluding hydrogens is 332 g/mol.